The molecule has 5 nitrogen and oxygen atoms in total. The van der Waals surface area contributed by atoms with E-state index >= 15 is 0 Å². The van der Waals surface area contributed by atoms with Crippen LogP contribution in [-0.4, -0.2) is 24.7 Å². The van der Waals surface area contributed by atoms with Gasteiger partial charge in [-0.2, -0.15) is 0 Å². The average Bonchev–Trinajstić information content (AvgIpc) is 2.54. The van der Waals surface area contributed by atoms with Crippen molar-refractivity contribution in [3.05, 3.63) is 53.1 Å². The molecule has 1 heterocycles. The molecule has 3 rings (SSSR count). The number of carbonyl (C=O) groups excluding carboxylic acids is 2. The van der Waals surface area contributed by atoms with Gasteiger partial charge in [-0.1, -0.05) is 23.7 Å². The normalized spacial score (nSPS) is 13.9. The standard InChI is InChI=1S/C16H10ClF3N2O3/c17-9-5-6-13(25-16(18,19)20)10(7-9)15(24)22-8-14(23)21-11-3-1-2-4-12(11)22/h1-7H,8H2,(H,21,23). The van der Waals surface area contributed by atoms with Crippen LogP contribution in [0.25, 0.3) is 0 Å². The molecule has 25 heavy (non-hydrogen) atoms. The number of anilines is 2. The Morgan fingerprint density at radius 2 is 1.92 bits per heavy atom. The molecule has 0 spiro atoms. The molecule has 2 amide bonds. The molecule has 1 aliphatic heterocycles. The second kappa shape index (κ2) is 6.29. The summed E-state index contributed by atoms with van der Waals surface area (Å²) < 4.78 is 41.7. The third-order valence-corrected chi connectivity index (χ3v) is 3.65. The number of nitrogens with one attached hydrogen (secondary N) is 1. The van der Waals surface area contributed by atoms with Gasteiger partial charge >= 0.3 is 6.36 Å². The highest BCUT2D eigenvalue weighted by Gasteiger charge is 2.35. The van der Waals surface area contributed by atoms with Crippen molar-refractivity contribution in [2.45, 2.75) is 6.36 Å². The second-order valence-electron chi connectivity index (χ2n) is 5.14. The number of rotatable bonds is 2. The highest BCUT2D eigenvalue weighted by molar-refractivity contribution is 6.31. The first-order valence-electron chi connectivity index (χ1n) is 7.00. The fourth-order valence-electron chi connectivity index (χ4n) is 2.44. The van der Waals surface area contributed by atoms with Crippen LogP contribution in [0.1, 0.15) is 10.4 Å². The van der Waals surface area contributed by atoms with Crippen molar-refractivity contribution in [1.29, 1.82) is 0 Å². The Labute approximate surface area is 144 Å². The number of carbonyl (C=O) groups is 2. The highest BCUT2D eigenvalue weighted by atomic mass is 35.5. The molecule has 0 aliphatic carbocycles. The van der Waals surface area contributed by atoms with E-state index in [4.69, 9.17) is 11.6 Å². The summed E-state index contributed by atoms with van der Waals surface area (Å²) in [6.07, 6.45) is -4.97. The third kappa shape index (κ3) is 3.69. The van der Waals surface area contributed by atoms with Crippen molar-refractivity contribution in [1.82, 2.24) is 0 Å². The van der Waals surface area contributed by atoms with Gasteiger partial charge in [-0.3, -0.25) is 14.5 Å². The summed E-state index contributed by atoms with van der Waals surface area (Å²) in [6.45, 7) is -0.339. The summed E-state index contributed by atoms with van der Waals surface area (Å²) in [7, 11) is 0. The molecule has 1 aliphatic rings. The van der Waals surface area contributed by atoms with E-state index in [1.165, 1.54) is 6.07 Å². The SMILES string of the molecule is O=C1CN(C(=O)c2cc(Cl)ccc2OC(F)(F)F)c2ccccc2N1. The lowest BCUT2D eigenvalue weighted by Gasteiger charge is -2.29. The summed E-state index contributed by atoms with van der Waals surface area (Å²) in [4.78, 5) is 25.7. The average molecular weight is 371 g/mol. The Bertz CT molecular complexity index is 855. The van der Waals surface area contributed by atoms with Gasteiger partial charge in [0.15, 0.2) is 0 Å². The molecule has 1 N–H and O–H groups in total. The van der Waals surface area contributed by atoms with Gasteiger partial charge < -0.3 is 10.1 Å². The minimum Gasteiger partial charge on any atom is -0.405 e. The number of halogens is 4. The lowest BCUT2D eigenvalue weighted by atomic mass is 10.1. The zero-order chi connectivity index (χ0) is 18.2. The first-order valence-corrected chi connectivity index (χ1v) is 7.38. The summed E-state index contributed by atoms with van der Waals surface area (Å²) >= 11 is 5.81. The first kappa shape index (κ1) is 17.1. The number of ether oxygens (including phenoxy) is 1. The summed E-state index contributed by atoms with van der Waals surface area (Å²) in [5, 5.41) is 2.65. The summed E-state index contributed by atoms with van der Waals surface area (Å²) in [5.41, 5.74) is 0.354. The quantitative estimate of drug-likeness (QED) is 0.874. The van der Waals surface area contributed by atoms with E-state index in [0.29, 0.717) is 11.4 Å². The number of para-hydroxylation sites is 2. The molecule has 0 bridgehead atoms. The Hall–Kier alpha value is -2.74. The van der Waals surface area contributed by atoms with Crippen LogP contribution in [0.15, 0.2) is 42.5 Å². The molecule has 0 atom stereocenters. The Morgan fingerprint density at radius 1 is 1.20 bits per heavy atom. The van der Waals surface area contributed by atoms with Crippen LogP contribution >= 0.6 is 11.6 Å². The van der Waals surface area contributed by atoms with Crippen LogP contribution in [0.2, 0.25) is 5.02 Å². The first-order chi connectivity index (χ1) is 11.7. The largest absolute Gasteiger partial charge is 0.573 e. The van der Waals surface area contributed by atoms with E-state index in [1.54, 1.807) is 24.3 Å². The van der Waals surface area contributed by atoms with Gasteiger partial charge in [0, 0.05) is 5.02 Å². The smallest absolute Gasteiger partial charge is 0.405 e. The maximum Gasteiger partial charge on any atom is 0.573 e. The van der Waals surface area contributed by atoms with Crippen molar-refractivity contribution in [2.75, 3.05) is 16.8 Å². The second-order valence-corrected chi connectivity index (χ2v) is 5.58. The van der Waals surface area contributed by atoms with Gasteiger partial charge in [0.05, 0.1) is 16.9 Å². The molecule has 0 saturated heterocycles. The van der Waals surface area contributed by atoms with Crippen LogP contribution in [0.4, 0.5) is 24.5 Å². The van der Waals surface area contributed by atoms with Crippen LogP contribution in [0.3, 0.4) is 0 Å². The van der Waals surface area contributed by atoms with Gasteiger partial charge in [0.2, 0.25) is 5.91 Å². The van der Waals surface area contributed by atoms with Crippen molar-refractivity contribution in [3.8, 4) is 5.75 Å². The predicted octanol–water partition coefficient (Wildman–Crippen LogP) is 3.84. The zero-order valence-electron chi connectivity index (χ0n) is 12.4. The number of alkyl halides is 3. The molecular weight excluding hydrogens is 361 g/mol. The molecule has 2 aromatic carbocycles. The monoisotopic (exact) mass is 370 g/mol. The van der Waals surface area contributed by atoms with Crippen LogP contribution < -0.4 is 15.0 Å². The molecule has 0 saturated carbocycles. The maximum atomic E-state index is 12.8. The van der Waals surface area contributed by atoms with E-state index in [1.807, 2.05) is 0 Å². The molecular formula is C16H10ClF3N2O3. The minimum atomic E-state index is -4.97. The number of amides is 2. The van der Waals surface area contributed by atoms with Crippen molar-refractivity contribution in [2.24, 2.45) is 0 Å². The minimum absolute atomic E-state index is 0.0626. The summed E-state index contributed by atoms with van der Waals surface area (Å²) in [5.74, 6) is -1.98. The number of fused-ring (bicyclic) bond motifs is 1. The van der Waals surface area contributed by atoms with E-state index in [2.05, 4.69) is 10.1 Å². The number of hydrogen-bond donors (Lipinski definition) is 1. The lowest BCUT2D eigenvalue weighted by Crippen LogP contribution is -2.42. The van der Waals surface area contributed by atoms with Crippen LogP contribution in [-0.2, 0) is 4.79 Å². The molecule has 0 fully saturated rings. The topological polar surface area (TPSA) is 58.6 Å². The summed E-state index contributed by atoms with van der Waals surface area (Å²) in [6, 6.07) is 9.65. The van der Waals surface area contributed by atoms with E-state index in [0.717, 1.165) is 17.0 Å². The highest BCUT2D eigenvalue weighted by Crippen LogP contribution is 2.34. The molecule has 0 radical (unpaired) electrons. The Balaban J connectivity index is 2.04. The Kier molecular flexibility index (Phi) is 4.30. The Morgan fingerprint density at radius 3 is 2.64 bits per heavy atom. The van der Waals surface area contributed by atoms with Crippen LogP contribution in [0, 0.1) is 0 Å². The molecule has 9 heteroatoms. The fraction of sp³-hybridized carbons (Fsp3) is 0.125. The maximum absolute atomic E-state index is 12.8. The van der Waals surface area contributed by atoms with Crippen molar-refractivity contribution in [3.63, 3.8) is 0 Å². The van der Waals surface area contributed by atoms with Gasteiger partial charge in [0.1, 0.15) is 12.3 Å². The number of benzene rings is 2. The number of hydrogen-bond acceptors (Lipinski definition) is 3. The van der Waals surface area contributed by atoms with Crippen molar-refractivity contribution < 1.29 is 27.5 Å². The van der Waals surface area contributed by atoms with Crippen molar-refractivity contribution >= 4 is 34.8 Å². The molecule has 2 aromatic rings. The third-order valence-electron chi connectivity index (χ3n) is 3.41. The van der Waals surface area contributed by atoms with Gasteiger partial charge in [0.25, 0.3) is 5.91 Å². The number of nitrogens with zero attached hydrogens (tertiary/aromatic N) is 1. The van der Waals surface area contributed by atoms with E-state index in [-0.39, 0.29) is 11.6 Å². The van der Waals surface area contributed by atoms with E-state index < -0.39 is 29.5 Å². The van der Waals surface area contributed by atoms with E-state index in [9.17, 15) is 22.8 Å². The molecule has 0 unspecified atom stereocenters. The van der Waals surface area contributed by atoms with Gasteiger partial charge in [-0.05, 0) is 30.3 Å². The molecule has 130 valence electrons. The lowest BCUT2D eigenvalue weighted by molar-refractivity contribution is -0.274. The fourth-order valence-corrected chi connectivity index (χ4v) is 2.61. The zero-order valence-corrected chi connectivity index (χ0v) is 13.2. The molecule has 0 aromatic heterocycles. The van der Waals surface area contributed by atoms with Gasteiger partial charge in [-0.15, -0.1) is 13.2 Å². The van der Waals surface area contributed by atoms with Crippen LogP contribution in [0.5, 0.6) is 5.75 Å². The predicted molar refractivity (Wildman–Crippen MR) is 84.9 cm³/mol. The van der Waals surface area contributed by atoms with Gasteiger partial charge in [-0.25, -0.2) is 0 Å².